The minimum absolute atomic E-state index is 0.192. The molecule has 4 nitrogen and oxygen atoms in total. The average molecular weight is 272 g/mol. The quantitative estimate of drug-likeness (QED) is 0.861. The molecule has 0 unspecified atom stereocenters. The second-order valence-corrected chi connectivity index (χ2v) is 6.27. The predicted octanol–water partition coefficient (Wildman–Crippen LogP) is 2.54. The van der Waals surface area contributed by atoms with E-state index < -0.39 is 9.84 Å². The van der Waals surface area contributed by atoms with Crippen molar-refractivity contribution in [3.63, 3.8) is 0 Å². The topological polar surface area (TPSA) is 60.2 Å². The highest BCUT2D eigenvalue weighted by atomic mass is 35.5. The summed E-state index contributed by atoms with van der Waals surface area (Å²) >= 11 is 5.77. The van der Waals surface area contributed by atoms with Crippen LogP contribution in [0.15, 0.2) is 34.9 Å². The van der Waals surface area contributed by atoms with Crippen molar-refractivity contribution in [1.29, 1.82) is 0 Å². The van der Waals surface area contributed by atoms with Gasteiger partial charge in [-0.2, -0.15) is 0 Å². The first-order valence-electron chi connectivity index (χ1n) is 4.82. The molecule has 1 aromatic heterocycles. The van der Waals surface area contributed by atoms with Crippen molar-refractivity contribution in [1.82, 2.24) is 4.98 Å². The number of sulfone groups is 1. The third-order valence-electron chi connectivity index (χ3n) is 2.07. The lowest BCUT2D eigenvalue weighted by Gasteiger charge is -1.96. The van der Waals surface area contributed by atoms with Crippen LogP contribution in [0.25, 0.3) is 11.3 Å². The largest absolute Gasteiger partial charge is 0.440 e. The fraction of sp³-hybridized carbons (Fsp3) is 0.182. The molecule has 1 aromatic carbocycles. The van der Waals surface area contributed by atoms with Gasteiger partial charge in [-0.05, 0) is 24.3 Å². The monoisotopic (exact) mass is 271 g/mol. The van der Waals surface area contributed by atoms with Crippen LogP contribution in [-0.4, -0.2) is 19.7 Å². The molecule has 6 heteroatoms. The van der Waals surface area contributed by atoms with Crippen molar-refractivity contribution in [2.24, 2.45) is 0 Å². The van der Waals surface area contributed by atoms with E-state index in [0.29, 0.717) is 10.8 Å². The molecule has 0 bridgehead atoms. The normalized spacial score (nSPS) is 11.6. The van der Waals surface area contributed by atoms with E-state index >= 15 is 0 Å². The Bertz CT molecular complexity index is 616. The van der Waals surface area contributed by atoms with Crippen molar-refractivity contribution in [2.75, 3.05) is 6.26 Å². The predicted molar refractivity (Wildman–Crippen MR) is 65.5 cm³/mol. The number of hydrogen-bond acceptors (Lipinski definition) is 4. The molecule has 0 aliphatic rings. The van der Waals surface area contributed by atoms with E-state index in [2.05, 4.69) is 4.98 Å². The van der Waals surface area contributed by atoms with Crippen molar-refractivity contribution in [2.45, 2.75) is 5.75 Å². The summed E-state index contributed by atoms with van der Waals surface area (Å²) in [4.78, 5) is 3.92. The third-order valence-corrected chi connectivity index (χ3v) is 3.09. The molecule has 2 rings (SSSR count). The fourth-order valence-electron chi connectivity index (χ4n) is 1.35. The van der Waals surface area contributed by atoms with Crippen molar-refractivity contribution >= 4 is 21.4 Å². The number of benzene rings is 1. The summed E-state index contributed by atoms with van der Waals surface area (Å²) in [6, 6.07) is 7.03. The van der Waals surface area contributed by atoms with Gasteiger partial charge in [-0.3, -0.25) is 0 Å². The van der Waals surface area contributed by atoms with Gasteiger partial charge in [0.1, 0.15) is 5.75 Å². The highest BCUT2D eigenvalue weighted by Gasteiger charge is 2.11. The molecule has 1 heterocycles. The first-order valence-corrected chi connectivity index (χ1v) is 7.26. The summed E-state index contributed by atoms with van der Waals surface area (Å²) in [6.45, 7) is 0. The van der Waals surface area contributed by atoms with Crippen LogP contribution in [0.5, 0.6) is 0 Å². The molecule has 0 amide bonds. The number of aromatic nitrogens is 1. The van der Waals surface area contributed by atoms with Gasteiger partial charge in [0.05, 0.1) is 6.20 Å². The molecule has 0 fully saturated rings. The molecule has 0 radical (unpaired) electrons. The summed E-state index contributed by atoms with van der Waals surface area (Å²) in [6.07, 6.45) is 2.64. The highest BCUT2D eigenvalue weighted by molar-refractivity contribution is 7.89. The van der Waals surface area contributed by atoms with Crippen molar-refractivity contribution in [3.8, 4) is 11.3 Å². The Morgan fingerprint density at radius 3 is 2.53 bits per heavy atom. The minimum Gasteiger partial charge on any atom is -0.440 e. The van der Waals surface area contributed by atoms with Crippen molar-refractivity contribution < 1.29 is 12.8 Å². The van der Waals surface area contributed by atoms with E-state index in [1.807, 2.05) is 0 Å². The Morgan fingerprint density at radius 1 is 1.29 bits per heavy atom. The van der Waals surface area contributed by atoms with Gasteiger partial charge >= 0.3 is 0 Å². The van der Waals surface area contributed by atoms with Gasteiger partial charge in [0.2, 0.25) is 5.89 Å². The zero-order chi connectivity index (χ0) is 12.5. The maximum atomic E-state index is 11.1. The van der Waals surface area contributed by atoms with Gasteiger partial charge in [-0.15, -0.1) is 0 Å². The van der Waals surface area contributed by atoms with Crippen LogP contribution in [0.3, 0.4) is 0 Å². The zero-order valence-corrected chi connectivity index (χ0v) is 10.6. The van der Waals surface area contributed by atoms with E-state index in [4.69, 9.17) is 16.0 Å². The molecule has 0 saturated heterocycles. The van der Waals surface area contributed by atoms with E-state index in [0.717, 1.165) is 11.8 Å². The van der Waals surface area contributed by atoms with Crippen LogP contribution >= 0.6 is 11.6 Å². The molecule has 0 spiro atoms. The Labute approximate surface area is 104 Å². The molecule has 17 heavy (non-hydrogen) atoms. The smallest absolute Gasteiger partial charge is 0.210 e. The minimum atomic E-state index is -3.13. The maximum absolute atomic E-state index is 11.1. The first kappa shape index (κ1) is 12.1. The summed E-state index contributed by atoms with van der Waals surface area (Å²) < 4.78 is 27.5. The standard InChI is InChI=1S/C11H10ClNO3S/c1-17(14,15)7-11-13-6-10(16-11)8-2-4-9(12)5-3-8/h2-6H,7H2,1H3. The lowest BCUT2D eigenvalue weighted by Crippen LogP contribution is -2.00. The van der Waals surface area contributed by atoms with Crippen LogP contribution in [0.4, 0.5) is 0 Å². The second kappa shape index (κ2) is 4.50. The Kier molecular flexibility index (Phi) is 3.22. The van der Waals surface area contributed by atoms with Crippen LogP contribution in [0.2, 0.25) is 5.02 Å². The van der Waals surface area contributed by atoms with Crippen LogP contribution in [-0.2, 0) is 15.6 Å². The van der Waals surface area contributed by atoms with E-state index in [1.54, 1.807) is 24.3 Å². The Balaban J connectivity index is 2.27. The van der Waals surface area contributed by atoms with Gasteiger partial charge in [-0.25, -0.2) is 13.4 Å². The van der Waals surface area contributed by atoms with Gasteiger partial charge in [-0.1, -0.05) is 11.6 Å². The molecule has 0 N–H and O–H groups in total. The molecule has 0 aliphatic carbocycles. The SMILES string of the molecule is CS(=O)(=O)Cc1ncc(-c2ccc(Cl)cc2)o1. The van der Waals surface area contributed by atoms with Crippen molar-refractivity contribution in [3.05, 3.63) is 41.4 Å². The van der Waals surface area contributed by atoms with E-state index in [-0.39, 0.29) is 11.6 Å². The van der Waals surface area contributed by atoms with E-state index in [9.17, 15) is 8.42 Å². The third kappa shape index (κ3) is 3.31. The van der Waals surface area contributed by atoms with Crippen LogP contribution in [0, 0.1) is 0 Å². The Hall–Kier alpha value is -1.33. The summed E-state index contributed by atoms with van der Waals surface area (Å²) in [7, 11) is -3.13. The second-order valence-electron chi connectivity index (χ2n) is 3.70. The van der Waals surface area contributed by atoms with Crippen LogP contribution in [0.1, 0.15) is 5.89 Å². The maximum Gasteiger partial charge on any atom is 0.210 e. The fourth-order valence-corrected chi connectivity index (χ4v) is 2.06. The molecule has 2 aromatic rings. The van der Waals surface area contributed by atoms with E-state index in [1.165, 1.54) is 6.20 Å². The zero-order valence-electron chi connectivity index (χ0n) is 9.05. The number of nitrogens with zero attached hydrogens (tertiary/aromatic N) is 1. The number of hydrogen-bond donors (Lipinski definition) is 0. The number of rotatable bonds is 3. The summed E-state index contributed by atoms with van der Waals surface area (Å²) in [5.41, 5.74) is 0.807. The van der Waals surface area contributed by atoms with Gasteiger partial charge in [0.15, 0.2) is 15.6 Å². The average Bonchev–Trinajstić information content (AvgIpc) is 2.64. The number of halogens is 1. The summed E-state index contributed by atoms with van der Waals surface area (Å²) in [5.74, 6) is 0.526. The summed E-state index contributed by atoms with van der Waals surface area (Å²) in [5, 5.41) is 0.629. The molecule has 90 valence electrons. The molecular formula is C11H10ClNO3S. The molecular weight excluding hydrogens is 262 g/mol. The van der Waals surface area contributed by atoms with Gasteiger partial charge in [0.25, 0.3) is 0 Å². The lowest BCUT2D eigenvalue weighted by atomic mass is 10.2. The van der Waals surface area contributed by atoms with Gasteiger partial charge < -0.3 is 4.42 Å². The van der Waals surface area contributed by atoms with Crippen LogP contribution < -0.4 is 0 Å². The highest BCUT2D eigenvalue weighted by Crippen LogP contribution is 2.22. The van der Waals surface area contributed by atoms with Gasteiger partial charge in [0, 0.05) is 16.8 Å². The molecule has 0 atom stereocenters. The first-order chi connectivity index (χ1) is 7.94. The Morgan fingerprint density at radius 2 is 1.94 bits per heavy atom. The lowest BCUT2D eigenvalue weighted by molar-refractivity contribution is 0.520. The molecule has 0 aliphatic heterocycles. The molecule has 0 saturated carbocycles. The number of oxazole rings is 1.